The van der Waals surface area contributed by atoms with Gasteiger partial charge in [0.15, 0.2) is 16.6 Å². The first-order chi connectivity index (χ1) is 13.9. The predicted octanol–water partition coefficient (Wildman–Crippen LogP) is 5.38. The lowest BCUT2D eigenvalue weighted by atomic mass is 9.90. The van der Waals surface area contributed by atoms with E-state index in [1.165, 1.54) is 10.4 Å². The normalized spacial score (nSPS) is 12.8. The highest BCUT2D eigenvalue weighted by Crippen LogP contribution is 2.37. The number of ether oxygens (including phenoxy) is 3. The molecule has 0 spiro atoms. The number of aromatic nitrogens is 1. The molecular weight excluding hydrogens is 384 g/mol. The number of hydrogen-bond acceptors (Lipinski definition) is 6. The minimum Gasteiger partial charge on any atom is -0.496 e. The minimum absolute atomic E-state index is 0.0352. The van der Waals surface area contributed by atoms with E-state index in [4.69, 9.17) is 19.2 Å². The number of rotatable bonds is 6. The lowest BCUT2D eigenvalue weighted by Crippen LogP contribution is -2.14. The van der Waals surface area contributed by atoms with E-state index in [2.05, 4.69) is 44.3 Å². The fourth-order valence-electron chi connectivity index (χ4n) is 3.39. The van der Waals surface area contributed by atoms with Crippen LogP contribution in [0.25, 0.3) is 0 Å². The molecule has 0 saturated carbocycles. The standard InChI is InChI=1S/C23H26N2O3S/c1-23(2,3)21-20(12-15-9-10-18-19(11-15)28-14-27-18)29-22(25-21)24-13-16-7-5-6-8-17(16)26-4/h5-11H,12-14H2,1-4H3,(H,24,25). The molecule has 0 saturated heterocycles. The summed E-state index contributed by atoms with van der Waals surface area (Å²) in [6.45, 7) is 7.58. The van der Waals surface area contributed by atoms with Crippen LogP contribution in [0.3, 0.4) is 0 Å². The average Bonchev–Trinajstić information content (AvgIpc) is 3.33. The smallest absolute Gasteiger partial charge is 0.231 e. The zero-order valence-electron chi connectivity index (χ0n) is 17.2. The zero-order valence-corrected chi connectivity index (χ0v) is 18.1. The number of thiazole rings is 1. The van der Waals surface area contributed by atoms with Gasteiger partial charge in [-0.1, -0.05) is 45.0 Å². The van der Waals surface area contributed by atoms with E-state index in [1.54, 1.807) is 18.4 Å². The van der Waals surface area contributed by atoms with Crippen LogP contribution in [0.4, 0.5) is 5.13 Å². The minimum atomic E-state index is -0.0352. The molecule has 1 aromatic heterocycles. The monoisotopic (exact) mass is 410 g/mol. The van der Waals surface area contributed by atoms with Gasteiger partial charge in [-0.3, -0.25) is 0 Å². The fourth-order valence-corrected chi connectivity index (χ4v) is 4.59. The van der Waals surface area contributed by atoms with Crippen molar-refractivity contribution >= 4 is 16.5 Å². The SMILES string of the molecule is COc1ccccc1CNc1nc(C(C)(C)C)c(Cc2ccc3c(c2)OCO3)s1. The summed E-state index contributed by atoms with van der Waals surface area (Å²) in [7, 11) is 1.70. The van der Waals surface area contributed by atoms with Crippen LogP contribution in [0.15, 0.2) is 42.5 Å². The zero-order chi connectivity index (χ0) is 20.4. The van der Waals surface area contributed by atoms with Crippen molar-refractivity contribution in [3.8, 4) is 17.2 Å². The molecule has 5 nitrogen and oxygen atoms in total. The summed E-state index contributed by atoms with van der Waals surface area (Å²) < 4.78 is 16.4. The Morgan fingerprint density at radius 2 is 1.90 bits per heavy atom. The van der Waals surface area contributed by atoms with Gasteiger partial charge in [0, 0.05) is 28.8 Å². The summed E-state index contributed by atoms with van der Waals surface area (Å²) in [5, 5.41) is 4.41. The van der Waals surface area contributed by atoms with Crippen LogP contribution in [0.1, 0.15) is 42.5 Å². The van der Waals surface area contributed by atoms with Crippen molar-refractivity contribution in [1.82, 2.24) is 4.98 Å². The molecule has 0 amide bonds. The molecule has 1 aliphatic rings. The number of benzene rings is 2. The van der Waals surface area contributed by atoms with Crippen LogP contribution in [0.5, 0.6) is 17.2 Å². The van der Waals surface area contributed by atoms with E-state index in [0.717, 1.165) is 40.1 Å². The first-order valence-corrected chi connectivity index (χ1v) is 10.5. The maximum atomic E-state index is 5.53. The summed E-state index contributed by atoms with van der Waals surface area (Å²) in [6, 6.07) is 14.2. The van der Waals surface area contributed by atoms with Crippen molar-refractivity contribution in [2.24, 2.45) is 0 Å². The molecule has 0 unspecified atom stereocenters. The van der Waals surface area contributed by atoms with E-state index >= 15 is 0 Å². The summed E-state index contributed by atoms with van der Waals surface area (Å²) in [5.41, 5.74) is 3.40. The number of hydrogen-bond donors (Lipinski definition) is 1. The van der Waals surface area contributed by atoms with E-state index in [0.29, 0.717) is 13.3 Å². The van der Waals surface area contributed by atoms with Crippen molar-refractivity contribution < 1.29 is 14.2 Å². The number of fused-ring (bicyclic) bond motifs is 1. The van der Waals surface area contributed by atoms with Gasteiger partial charge in [0.25, 0.3) is 0 Å². The van der Waals surface area contributed by atoms with Gasteiger partial charge in [0.2, 0.25) is 6.79 Å². The van der Waals surface area contributed by atoms with Gasteiger partial charge in [-0.05, 0) is 23.8 Å². The molecule has 0 bridgehead atoms. The highest BCUT2D eigenvalue weighted by Gasteiger charge is 2.24. The molecular formula is C23H26N2O3S. The molecule has 4 rings (SSSR count). The second-order valence-electron chi connectivity index (χ2n) is 8.07. The summed E-state index contributed by atoms with van der Waals surface area (Å²) in [6.07, 6.45) is 0.817. The molecule has 1 aliphatic heterocycles. The molecule has 0 aliphatic carbocycles. The summed E-state index contributed by atoms with van der Waals surface area (Å²) in [5.74, 6) is 2.51. The van der Waals surface area contributed by atoms with E-state index in [-0.39, 0.29) is 5.41 Å². The molecule has 2 aromatic carbocycles. The first-order valence-electron chi connectivity index (χ1n) is 9.68. The Morgan fingerprint density at radius 1 is 1.10 bits per heavy atom. The van der Waals surface area contributed by atoms with Crippen molar-refractivity contribution in [2.75, 3.05) is 19.2 Å². The van der Waals surface area contributed by atoms with Gasteiger partial charge < -0.3 is 19.5 Å². The Hall–Kier alpha value is -2.73. The van der Waals surface area contributed by atoms with E-state index < -0.39 is 0 Å². The summed E-state index contributed by atoms with van der Waals surface area (Å²) in [4.78, 5) is 6.19. The molecule has 0 atom stereocenters. The van der Waals surface area contributed by atoms with Crippen LogP contribution >= 0.6 is 11.3 Å². The van der Waals surface area contributed by atoms with Crippen LogP contribution in [0.2, 0.25) is 0 Å². The van der Waals surface area contributed by atoms with Gasteiger partial charge in [-0.2, -0.15) is 0 Å². The van der Waals surface area contributed by atoms with Crippen molar-refractivity contribution in [3.05, 3.63) is 64.2 Å². The third kappa shape index (κ3) is 4.32. The Balaban J connectivity index is 1.56. The predicted molar refractivity (Wildman–Crippen MR) is 117 cm³/mol. The lowest BCUT2D eigenvalue weighted by Gasteiger charge is -2.17. The number of nitrogens with zero attached hydrogens (tertiary/aromatic N) is 1. The Kier molecular flexibility index (Phi) is 5.37. The van der Waals surface area contributed by atoms with Crippen molar-refractivity contribution in [1.29, 1.82) is 0 Å². The lowest BCUT2D eigenvalue weighted by molar-refractivity contribution is 0.174. The second kappa shape index (κ2) is 7.95. The largest absolute Gasteiger partial charge is 0.496 e. The summed E-state index contributed by atoms with van der Waals surface area (Å²) >= 11 is 1.71. The molecule has 6 heteroatoms. The highest BCUT2D eigenvalue weighted by molar-refractivity contribution is 7.15. The maximum Gasteiger partial charge on any atom is 0.231 e. The molecule has 152 valence electrons. The van der Waals surface area contributed by atoms with Crippen LogP contribution in [-0.2, 0) is 18.4 Å². The van der Waals surface area contributed by atoms with Crippen LogP contribution < -0.4 is 19.5 Å². The molecule has 3 aromatic rings. The quantitative estimate of drug-likeness (QED) is 0.591. The van der Waals surface area contributed by atoms with E-state index in [1.807, 2.05) is 24.3 Å². The Labute approximate surface area is 175 Å². The highest BCUT2D eigenvalue weighted by atomic mass is 32.1. The number of nitrogens with one attached hydrogen (secondary N) is 1. The first kappa shape index (κ1) is 19.6. The van der Waals surface area contributed by atoms with Gasteiger partial charge in [0.05, 0.1) is 12.8 Å². The number of anilines is 1. The third-order valence-corrected chi connectivity index (χ3v) is 5.85. The second-order valence-corrected chi connectivity index (χ2v) is 9.15. The van der Waals surface area contributed by atoms with Gasteiger partial charge in [0.1, 0.15) is 5.75 Å². The topological polar surface area (TPSA) is 52.6 Å². The Morgan fingerprint density at radius 3 is 2.69 bits per heavy atom. The van der Waals surface area contributed by atoms with Crippen LogP contribution in [-0.4, -0.2) is 18.9 Å². The molecule has 0 radical (unpaired) electrons. The average molecular weight is 411 g/mol. The van der Waals surface area contributed by atoms with Crippen LogP contribution in [0, 0.1) is 0 Å². The van der Waals surface area contributed by atoms with Gasteiger partial charge in [-0.15, -0.1) is 11.3 Å². The van der Waals surface area contributed by atoms with E-state index in [9.17, 15) is 0 Å². The third-order valence-electron chi connectivity index (χ3n) is 4.83. The number of methoxy groups -OCH3 is 1. The van der Waals surface area contributed by atoms with Crippen molar-refractivity contribution in [2.45, 2.75) is 39.2 Å². The fraction of sp³-hybridized carbons (Fsp3) is 0.348. The maximum absolute atomic E-state index is 5.53. The number of para-hydroxylation sites is 1. The van der Waals surface area contributed by atoms with Gasteiger partial charge in [-0.25, -0.2) is 4.98 Å². The van der Waals surface area contributed by atoms with Gasteiger partial charge >= 0.3 is 0 Å². The molecule has 2 heterocycles. The molecule has 1 N–H and O–H groups in total. The Bertz CT molecular complexity index is 1010. The molecule has 0 fully saturated rings. The molecule has 29 heavy (non-hydrogen) atoms. The van der Waals surface area contributed by atoms with Crippen molar-refractivity contribution in [3.63, 3.8) is 0 Å².